The molecule has 266 valence electrons. The summed E-state index contributed by atoms with van der Waals surface area (Å²) < 4.78 is 47.5. The lowest BCUT2D eigenvalue weighted by atomic mass is 9.96. The number of rotatable bonds is 5. The highest BCUT2D eigenvalue weighted by molar-refractivity contribution is 6.13. The third kappa shape index (κ3) is 5.28. The lowest BCUT2D eigenvalue weighted by molar-refractivity contribution is -0.137. The third-order valence-corrected chi connectivity index (χ3v) is 10.2. The Balaban J connectivity index is 1.34. The number of nitriles is 1. The van der Waals surface area contributed by atoms with Crippen LogP contribution < -0.4 is 0 Å². The molecule has 0 unspecified atom stereocenters. The van der Waals surface area contributed by atoms with E-state index < -0.39 is 11.7 Å². The van der Waals surface area contributed by atoms with Gasteiger partial charge >= 0.3 is 6.18 Å². The molecule has 0 bridgehead atoms. The van der Waals surface area contributed by atoms with Crippen molar-refractivity contribution in [2.75, 3.05) is 0 Å². The second-order valence-electron chi connectivity index (χ2n) is 13.4. The molecule has 0 radical (unpaired) electrons. The Morgan fingerprint density at radius 1 is 0.464 bits per heavy atom. The highest BCUT2D eigenvalue weighted by Crippen LogP contribution is 2.44. The van der Waals surface area contributed by atoms with Crippen LogP contribution in [0.2, 0.25) is 0 Å². The number of nitrogens with zero attached hydrogens (tertiary/aromatic N) is 7. The molecule has 0 atom stereocenters. The van der Waals surface area contributed by atoms with Gasteiger partial charge in [0.1, 0.15) is 0 Å². The van der Waals surface area contributed by atoms with Crippen LogP contribution in [0, 0.1) is 11.3 Å². The molecule has 56 heavy (non-hydrogen) atoms. The molecule has 0 aliphatic carbocycles. The van der Waals surface area contributed by atoms with Crippen LogP contribution in [0.15, 0.2) is 158 Å². The smallest absolute Gasteiger partial charge is 0.308 e. The van der Waals surface area contributed by atoms with Gasteiger partial charge in [0.05, 0.1) is 50.6 Å². The van der Waals surface area contributed by atoms with Crippen molar-refractivity contribution < 1.29 is 13.2 Å². The second kappa shape index (κ2) is 12.7. The number of para-hydroxylation sites is 2. The van der Waals surface area contributed by atoms with Gasteiger partial charge in [0.2, 0.25) is 0 Å². The van der Waals surface area contributed by atoms with Gasteiger partial charge in [-0.3, -0.25) is 0 Å². The number of fused-ring (bicyclic) bond motifs is 6. The lowest BCUT2D eigenvalue weighted by Crippen LogP contribution is -2.07. The lowest BCUT2D eigenvalue weighted by Gasteiger charge is -2.21. The molecule has 0 aliphatic rings. The highest BCUT2D eigenvalue weighted by Gasteiger charge is 2.31. The summed E-state index contributed by atoms with van der Waals surface area (Å²) in [6.45, 7) is 0. The third-order valence-electron chi connectivity index (χ3n) is 10.2. The molecular weight excluding hydrogens is 708 g/mol. The van der Waals surface area contributed by atoms with Gasteiger partial charge in [-0.25, -0.2) is 19.9 Å². The largest absolute Gasteiger partial charge is 0.416 e. The van der Waals surface area contributed by atoms with Crippen molar-refractivity contribution in [3.8, 4) is 51.3 Å². The maximum absolute atomic E-state index is 14.5. The predicted molar refractivity (Wildman–Crippen MR) is 212 cm³/mol. The number of alkyl halides is 3. The average Bonchev–Trinajstić information content (AvgIpc) is 3.75. The van der Waals surface area contributed by atoms with Crippen LogP contribution >= 0.6 is 0 Å². The Morgan fingerprint density at radius 3 is 1.43 bits per heavy atom. The first-order valence-electron chi connectivity index (χ1n) is 17.7. The molecule has 0 amide bonds. The molecule has 10 aromatic rings. The second-order valence-corrected chi connectivity index (χ2v) is 13.4. The zero-order valence-corrected chi connectivity index (χ0v) is 29.3. The van der Waals surface area contributed by atoms with E-state index in [1.165, 1.54) is 12.1 Å². The van der Waals surface area contributed by atoms with Crippen LogP contribution in [0.3, 0.4) is 0 Å². The number of halogens is 3. The van der Waals surface area contributed by atoms with Crippen molar-refractivity contribution in [2.24, 2.45) is 0 Å². The van der Waals surface area contributed by atoms with E-state index in [2.05, 4.69) is 26.0 Å². The summed E-state index contributed by atoms with van der Waals surface area (Å²) in [5.74, 6) is 1.14. The van der Waals surface area contributed by atoms with Gasteiger partial charge in [-0.2, -0.15) is 18.4 Å². The van der Waals surface area contributed by atoms with Gasteiger partial charge in [-0.05, 0) is 90.5 Å². The van der Waals surface area contributed by atoms with Crippen molar-refractivity contribution in [3.63, 3.8) is 0 Å². The van der Waals surface area contributed by atoms with Crippen molar-refractivity contribution >= 4 is 43.6 Å². The summed E-state index contributed by atoms with van der Waals surface area (Å²) in [4.78, 5) is 17.8. The minimum atomic E-state index is -4.59. The fraction of sp³-hybridized carbons (Fsp3) is 0.0217. The van der Waals surface area contributed by atoms with Crippen LogP contribution in [0.4, 0.5) is 13.2 Å². The van der Waals surface area contributed by atoms with Crippen molar-refractivity contribution in [2.45, 2.75) is 6.18 Å². The Bertz CT molecular complexity index is 3020. The fourth-order valence-electron chi connectivity index (χ4n) is 7.82. The normalized spacial score (nSPS) is 11.8. The molecule has 0 fully saturated rings. The van der Waals surface area contributed by atoms with E-state index in [0.29, 0.717) is 39.7 Å². The molecule has 0 N–H and O–H groups in total. The zero-order valence-electron chi connectivity index (χ0n) is 29.3. The van der Waals surface area contributed by atoms with Gasteiger partial charge in [0, 0.05) is 63.0 Å². The summed E-state index contributed by atoms with van der Waals surface area (Å²) in [7, 11) is 0. The first-order valence-corrected chi connectivity index (χ1v) is 17.7. The molecular formula is C46H26F3N7. The predicted octanol–water partition coefficient (Wildman–Crippen LogP) is 11.4. The van der Waals surface area contributed by atoms with Crippen LogP contribution in [0.5, 0.6) is 0 Å². The first-order chi connectivity index (χ1) is 27.4. The van der Waals surface area contributed by atoms with E-state index in [1.54, 1.807) is 55.1 Å². The van der Waals surface area contributed by atoms with Gasteiger partial charge in [0.15, 0.2) is 11.6 Å². The van der Waals surface area contributed by atoms with Gasteiger partial charge in [-0.1, -0.05) is 48.5 Å². The maximum Gasteiger partial charge on any atom is 0.416 e. The van der Waals surface area contributed by atoms with Crippen LogP contribution in [-0.4, -0.2) is 29.1 Å². The molecule has 4 heterocycles. The molecule has 10 rings (SSSR count). The fourth-order valence-corrected chi connectivity index (χ4v) is 7.82. The number of aromatic nitrogens is 6. The van der Waals surface area contributed by atoms with E-state index >= 15 is 0 Å². The molecule has 10 heteroatoms. The molecule has 0 saturated carbocycles. The number of hydrogen-bond acceptors (Lipinski definition) is 5. The average molecular weight is 734 g/mol. The van der Waals surface area contributed by atoms with E-state index in [4.69, 9.17) is 0 Å². The standard InChI is InChI=1S/C46H26F3N7/c47-46(48,49)32-9-5-8-29(24-32)43-41(55-37-12-3-1-10-33(37)35-25-30(14-16-39(35)55)44-51-18-6-19-52-44)22-28(27-50)23-42(43)56-38-13-4-2-11-34(38)36-26-31(15-17-40(36)56)45-53-20-7-21-54-45/h1-26H. The Kier molecular flexibility index (Phi) is 7.50. The van der Waals surface area contributed by atoms with Crippen LogP contribution in [0.25, 0.3) is 88.9 Å². The molecule has 4 aromatic heterocycles. The Morgan fingerprint density at radius 2 is 0.946 bits per heavy atom. The van der Waals surface area contributed by atoms with Crippen molar-refractivity contribution in [3.05, 3.63) is 169 Å². The molecule has 7 nitrogen and oxygen atoms in total. The summed E-state index contributed by atoms with van der Waals surface area (Å²) in [6, 6.07) is 42.4. The molecule has 0 spiro atoms. The Hall–Kier alpha value is -7.64. The SMILES string of the molecule is N#Cc1cc(-n2c3ccccc3c3cc(-c4ncccn4)ccc32)c(-c2cccc(C(F)(F)F)c2)c(-n2c3ccccc3c3cc(-c4ncccn4)ccc32)c1. The maximum atomic E-state index is 14.5. The first kappa shape index (κ1) is 33.0. The molecule has 6 aromatic carbocycles. The van der Waals surface area contributed by atoms with E-state index in [1.807, 2.05) is 94.1 Å². The summed E-state index contributed by atoms with van der Waals surface area (Å²) in [5, 5.41) is 14.3. The monoisotopic (exact) mass is 733 g/mol. The quantitative estimate of drug-likeness (QED) is 0.176. The molecule has 0 aliphatic heterocycles. The zero-order chi connectivity index (χ0) is 38.0. The van der Waals surface area contributed by atoms with E-state index in [-0.39, 0.29) is 0 Å². The topological polar surface area (TPSA) is 85.2 Å². The van der Waals surface area contributed by atoms with Gasteiger partial charge in [-0.15, -0.1) is 0 Å². The summed E-state index contributed by atoms with van der Waals surface area (Å²) in [6.07, 6.45) is 2.18. The van der Waals surface area contributed by atoms with E-state index in [0.717, 1.165) is 60.8 Å². The van der Waals surface area contributed by atoms with Crippen LogP contribution in [-0.2, 0) is 6.18 Å². The van der Waals surface area contributed by atoms with Crippen LogP contribution in [0.1, 0.15) is 11.1 Å². The number of benzene rings is 6. The van der Waals surface area contributed by atoms with Gasteiger partial charge < -0.3 is 9.13 Å². The Labute approximate surface area is 317 Å². The molecule has 0 saturated heterocycles. The van der Waals surface area contributed by atoms with Gasteiger partial charge in [0.25, 0.3) is 0 Å². The highest BCUT2D eigenvalue weighted by atomic mass is 19.4. The summed E-state index contributed by atoms with van der Waals surface area (Å²) >= 11 is 0. The minimum absolute atomic E-state index is 0.339. The van der Waals surface area contributed by atoms with Crippen molar-refractivity contribution in [1.82, 2.24) is 29.1 Å². The van der Waals surface area contributed by atoms with E-state index in [9.17, 15) is 18.4 Å². The van der Waals surface area contributed by atoms with Crippen molar-refractivity contribution in [1.29, 1.82) is 5.26 Å². The number of hydrogen-bond donors (Lipinski definition) is 0. The summed E-state index contributed by atoms with van der Waals surface area (Å²) in [5.41, 5.74) is 6.39. The minimum Gasteiger partial charge on any atom is -0.308 e.